The van der Waals surface area contributed by atoms with Crippen LogP contribution in [0.4, 0.5) is 0 Å². The van der Waals surface area contributed by atoms with Gasteiger partial charge in [-0.2, -0.15) is 0 Å². The van der Waals surface area contributed by atoms with Crippen LogP contribution in [0.2, 0.25) is 0 Å². The van der Waals surface area contributed by atoms with Crippen molar-refractivity contribution in [3.63, 3.8) is 0 Å². The number of methoxy groups -OCH3 is 3. The van der Waals surface area contributed by atoms with Gasteiger partial charge in [-0.1, -0.05) is 0 Å². The van der Waals surface area contributed by atoms with Gasteiger partial charge >= 0.3 is 0 Å². The minimum absolute atomic E-state index is 0.255. The number of rotatable bonds is 9. The van der Waals surface area contributed by atoms with Crippen molar-refractivity contribution in [1.82, 2.24) is 10.3 Å². The Kier molecular flexibility index (Phi) is 7.36. The van der Waals surface area contributed by atoms with E-state index in [9.17, 15) is 4.79 Å². The first-order valence-corrected chi connectivity index (χ1v) is 10.7. The van der Waals surface area contributed by atoms with E-state index in [1.54, 1.807) is 26.7 Å². The molecular weight excluding hydrogens is 416 g/mol. The summed E-state index contributed by atoms with van der Waals surface area (Å²) in [5.74, 6) is 2.12. The van der Waals surface area contributed by atoms with Gasteiger partial charge in [0.2, 0.25) is 5.75 Å². The Morgan fingerprint density at radius 1 is 1.06 bits per heavy atom. The van der Waals surface area contributed by atoms with Gasteiger partial charge in [-0.05, 0) is 55.8 Å². The Morgan fingerprint density at radius 2 is 1.71 bits per heavy atom. The van der Waals surface area contributed by atoms with Crippen molar-refractivity contribution in [3.05, 3.63) is 53.0 Å². The standard InChI is InChI=1S/C23H26N2O5S/c1-6-30-17-9-7-15(8-10-17)23-25-18(13-31-23)22(26)24-14(2)16-11-19(27-3)21(29-5)20(12-16)28-4/h7-14H,6H2,1-5H3,(H,24,26). The second kappa shape index (κ2) is 10.2. The minimum atomic E-state index is -0.295. The minimum Gasteiger partial charge on any atom is -0.494 e. The lowest BCUT2D eigenvalue weighted by Crippen LogP contribution is -2.27. The summed E-state index contributed by atoms with van der Waals surface area (Å²) in [6.45, 7) is 4.45. The Balaban J connectivity index is 1.75. The fraction of sp³-hybridized carbons (Fsp3) is 0.304. The van der Waals surface area contributed by atoms with Crippen LogP contribution in [0, 0.1) is 0 Å². The Morgan fingerprint density at radius 3 is 2.26 bits per heavy atom. The molecule has 3 aromatic rings. The topological polar surface area (TPSA) is 78.9 Å². The molecule has 31 heavy (non-hydrogen) atoms. The fourth-order valence-electron chi connectivity index (χ4n) is 3.08. The van der Waals surface area contributed by atoms with E-state index in [4.69, 9.17) is 18.9 Å². The first kappa shape index (κ1) is 22.4. The molecule has 0 saturated heterocycles. The normalized spacial score (nSPS) is 11.5. The van der Waals surface area contributed by atoms with Crippen molar-refractivity contribution in [2.75, 3.05) is 27.9 Å². The number of nitrogens with one attached hydrogen (secondary N) is 1. The molecule has 1 atom stereocenters. The molecule has 7 nitrogen and oxygen atoms in total. The molecule has 2 aromatic carbocycles. The quantitative estimate of drug-likeness (QED) is 0.516. The van der Waals surface area contributed by atoms with E-state index in [0.29, 0.717) is 29.5 Å². The summed E-state index contributed by atoms with van der Waals surface area (Å²) >= 11 is 1.42. The van der Waals surface area contributed by atoms with Gasteiger partial charge in [0.05, 0.1) is 34.0 Å². The number of ether oxygens (including phenoxy) is 4. The van der Waals surface area contributed by atoms with Crippen LogP contribution in [0.1, 0.15) is 35.9 Å². The van der Waals surface area contributed by atoms with E-state index in [1.165, 1.54) is 11.3 Å². The lowest BCUT2D eigenvalue weighted by molar-refractivity contribution is 0.0935. The second-order valence-electron chi connectivity index (χ2n) is 6.65. The summed E-state index contributed by atoms with van der Waals surface area (Å²) in [5, 5.41) is 5.50. The van der Waals surface area contributed by atoms with E-state index in [1.807, 2.05) is 50.2 Å². The number of hydrogen-bond donors (Lipinski definition) is 1. The molecule has 0 aliphatic rings. The Labute approximate surface area is 185 Å². The molecule has 1 amide bonds. The van der Waals surface area contributed by atoms with Crippen molar-refractivity contribution >= 4 is 17.2 Å². The summed E-state index contributed by atoms with van der Waals surface area (Å²) in [7, 11) is 4.67. The molecule has 1 N–H and O–H groups in total. The molecule has 0 radical (unpaired) electrons. The van der Waals surface area contributed by atoms with Gasteiger partial charge in [-0.15, -0.1) is 11.3 Å². The SMILES string of the molecule is CCOc1ccc(-c2nc(C(=O)NC(C)c3cc(OC)c(OC)c(OC)c3)cs2)cc1. The number of hydrogen-bond acceptors (Lipinski definition) is 7. The molecule has 1 unspecified atom stereocenters. The molecular formula is C23H26N2O5S. The third-order valence-corrected chi connectivity index (χ3v) is 5.58. The zero-order chi connectivity index (χ0) is 22.4. The van der Waals surface area contributed by atoms with Crippen molar-refractivity contribution < 1.29 is 23.7 Å². The molecule has 0 spiro atoms. The van der Waals surface area contributed by atoms with Crippen LogP contribution in [0.25, 0.3) is 10.6 Å². The molecule has 0 aliphatic carbocycles. The predicted molar refractivity (Wildman–Crippen MR) is 121 cm³/mol. The van der Waals surface area contributed by atoms with Crippen molar-refractivity contribution in [1.29, 1.82) is 0 Å². The largest absolute Gasteiger partial charge is 0.494 e. The maximum atomic E-state index is 12.8. The summed E-state index contributed by atoms with van der Waals surface area (Å²) in [4.78, 5) is 17.3. The van der Waals surface area contributed by atoms with Crippen LogP contribution in [-0.4, -0.2) is 38.8 Å². The first-order chi connectivity index (χ1) is 15.0. The number of nitrogens with zero attached hydrogens (tertiary/aromatic N) is 1. The van der Waals surface area contributed by atoms with E-state index >= 15 is 0 Å². The number of carbonyl (C=O) groups is 1. The zero-order valence-corrected chi connectivity index (χ0v) is 19.0. The zero-order valence-electron chi connectivity index (χ0n) is 18.2. The maximum Gasteiger partial charge on any atom is 0.271 e. The third kappa shape index (κ3) is 5.08. The number of thiazole rings is 1. The van der Waals surface area contributed by atoms with Gasteiger partial charge in [0.15, 0.2) is 11.5 Å². The highest BCUT2D eigenvalue weighted by Crippen LogP contribution is 2.39. The van der Waals surface area contributed by atoms with Crippen molar-refractivity contribution in [3.8, 4) is 33.6 Å². The lowest BCUT2D eigenvalue weighted by Gasteiger charge is -2.18. The molecule has 1 aromatic heterocycles. The summed E-state index contributed by atoms with van der Waals surface area (Å²) < 4.78 is 21.6. The molecule has 164 valence electrons. The van der Waals surface area contributed by atoms with Gasteiger partial charge in [-0.25, -0.2) is 4.98 Å². The van der Waals surface area contributed by atoms with Crippen molar-refractivity contribution in [2.45, 2.75) is 19.9 Å². The number of aromatic nitrogens is 1. The lowest BCUT2D eigenvalue weighted by atomic mass is 10.1. The third-order valence-electron chi connectivity index (χ3n) is 4.68. The van der Waals surface area contributed by atoms with Crippen LogP contribution in [-0.2, 0) is 0 Å². The smallest absolute Gasteiger partial charge is 0.271 e. The molecule has 0 saturated carbocycles. The van der Waals surface area contributed by atoms with Gasteiger partial charge in [0.25, 0.3) is 5.91 Å². The van der Waals surface area contributed by atoms with Crippen LogP contribution >= 0.6 is 11.3 Å². The fourth-order valence-corrected chi connectivity index (χ4v) is 3.88. The highest BCUT2D eigenvalue weighted by molar-refractivity contribution is 7.13. The second-order valence-corrected chi connectivity index (χ2v) is 7.51. The highest BCUT2D eigenvalue weighted by Gasteiger charge is 2.19. The van der Waals surface area contributed by atoms with Crippen LogP contribution < -0.4 is 24.3 Å². The summed E-state index contributed by atoms with van der Waals surface area (Å²) in [5.41, 5.74) is 2.13. The van der Waals surface area contributed by atoms with Gasteiger partial charge in [-0.3, -0.25) is 4.79 Å². The van der Waals surface area contributed by atoms with E-state index in [2.05, 4.69) is 10.3 Å². The molecule has 3 rings (SSSR count). The number of benzene rings is 2. The Bertz CT molecular complexity index is 1010. The van der Waals surface area contributed by atoms with Crippen LogP contribution in [0.15, 0.2) is 41.8 Å². The summed E-state index contributed by atoms with van der Waals surface area (Å²) in [6.07, 6.45) is 0. The maximum absolute atomic E-state index is 12.8. The van der Waals surface area contributed by atoms with Crippen LogP contribution in [0.3, 0.4) is 0 Å². The van der Waals surface area contributed by atoms with Crippen molar-refractivity contribution in [2.24, 2.45) is 0 Å². The monoisotopic (exact) mass is 442 g/mol. The van der Waals surface area contributed by atoms with E-state index in [-0.39, 0.29) is 11.9 Å². The summed E-state index contributed by atoms with van der Waals surface area (Å²) in [6, 6.07) is 11.0. The first-order valence-electron chi connectivity index (χ1n) is 9.80. The Hall–Kier alpha value is -3.26. The average molecular weight is 443 g/mol. The molecule has 0 fully saturated rings. The molecule has 1 heterocycles. The average Bonchev–Trinajstić information content (AvgIpc) is 3.29. The molecule has 8 heteroatoms. The van der Waals surface area contributed by atoms with E-state index < -0.39 is 0 Å². The van der Waals surface area contributed by atoms with Crippen LogP contribution in [0.5, 0.6) is 23.0 Å². The van der Waals surface area contributed by atoms with Gasteiger partial charge in [0, 0.05) is 10.9 Å². The number of amides is 1. The molecule has 0 bridgehead atoms. The predicted octanol–water partition coefficient (Wildman–Crippen LogP) is 4.73. The van der Waals surface area contributed by atoms with Gasteiger partial charge < -0.3 is 24.3 Å². The van der Waals surface area contributed by atoms with Gasteiger partial charge in [0.1, 0.15) is 16.5 Å². The molecule has 0 aliphatic heterocycles. The van der Waals surface area contributed by atoms with E-state index in [0.717, 1.165) is 21.9 Å². The number of carbonyl (C=O) groups excluding carboxylic acids is 1. The highest BCUT2D eigenvalue weighted by atomic mass is 32.1.